The molecule has 0 bridgehead atoms. The molecule has 0 unspecified atom stereocenters. The quantitative estimate of drug-likeness (QED) is 0.321. The van der Waals surface area contributed by atoms with E-state index in [0.717, 1.165) is 5.56 Å². The lowest BCUT2D eigenvalue weighted by atomic mass is 10.2. The first-order valence-corrected chi connectivity index (χ1v) is 10.7. The maximum absolute atomic E-state index is 12.9. The Morgan fingerprint density at radius 3 is 2.24 bits per heavy atom. The van der Waals surface area contributed by atoms with Gasteiger partial charge in [0.15, 0.2) is 0 Å². The summed E-state index contributed by atoms with van der Waals surface area (Å²) in [5, 5.41) is 6.49. The molecule has 2 amide bonds. The lowest BCUT2D eigenvalue weighted by molar-refractivity contribution is -0.118. The first kappa shape index (κ1) is 22.5. The summed E-state index contributed by atoms with van der Waals surface area (Å²) >= 11 is 11.8. The zero-order valence-electron chi connectivity index (χ0n) is 17.2. The number of hydrogen-bond acceptors (Lipinski definition) is 4. The van der Waals surface area contributed by atoms with Crippen LogP contribution >= 0.6 is 23.2 Å². The van der Waals surface area contributed by atoms with Gasteiger partial charge in [0.1, 0.15) is 23.0 Å². The minimum absolute atomic E-state index is 0.0125. The molecule has 2 aromatic carbocycles. The van der Waals surface area contributed by atoms with Crippen molar-refractivity contribution < 1.29 is 18.4 Å². The van der Waals surface area contributed by atoms with Crippen LogP contribution in [0.15, 0.2) is 93.6 Å². The molecule has 4 rings (SSSR count). The van der Waals surface area contributed by atoms with Crippen molar-refractivity contribution in [3.63, 3.8) is 0 Å². The third kappa shape index (κ3) is 5.94. The number of halogens is 2. The van der Waals surface area contributed by atoms with Crippen molar-refractivity contribution in [1.29, 1.82) is 0 Å². The molecule has 0 aliphatic heterocycles. The first-order valence-electron chi connectivity index (χ1n) is 9.93. The van der Waals surface area contributed by atoms with Crippen LogP contribution in [-0.4, -0.2) is 11.8 Å². The van der Waals surface area contributed by atoms with Gasteiger partial charge in [-0.05, 0) is 72.8 Å². The van der Waals surface area contributed by atoms with E-state index in [9.17, 15) is 9.59 Å². The van der Waals surface area contributed by atoms with Crippen LogP contribution in [0.1, 0.15) is 21.9 Å². The second kappa shape index (κ2) is 10.3. The van der Waals surface area contributed by atoms with Crippen LogP contribution < -0.4 is 10.6 Å². The van der Waals surface area contributed by atoms with Crippen molar-refractivity contribution in [2.24, 2.45) is 0 Å². The molecule has 4 aromatic rings. The standard InChI is InChI=1S/C25H18Cl2N2O4/c26-18-7-3-16(4-8-18)23-12-11-20(33-23)14-22(25(31)28-15-21-2-1-13-32-21)29-24(30)17-5-9-19(27)10-6-17/h1-14H,15H2,(H,28,31)(H,29,30)/b22-14-. The van der Waals surface area contributed by atoms with Gasteiger partial charge in [-0.2, -0.15) is 0 Å². The fourth-order valence-corrected chi connectivity index (χ4v) is 3.22. The topological polar surface area (TPSA) is 84.5 Å². The molecule has 0 spiro atoms. The number of benzene rings is 2. The van der Waals surface area contributed by atoms with E-state index in [2.05, 4.69) is 10.6 Å². The molecular weight excluding hydrogens is 463 g/mol. The van der Waals surface area contributed by atoms with Crippen LogP contribution in [0.3, 0.4) is 0 Å². The molecule has 33 heavy (non-hydrogen) atoms. The average molecular weight is 481 g/mol. The fourth-order valence-electron chi connectivity index (χ4n) is 2.97. The Morgan fingerprint density at radius 2 is 1.58 bits per heavy atom. The summed E-state index contributed by atoms with van der Waals surface area (Å²) in [6.45, 7) is 0.161. The average Bonchev–Trinajstić information content (AvgIpc) is 3.50. The van der Waals surface area contributed by atoms with Crippen molar-refractivity contribution >= 4 is 41.1 Å². The van der Waals surface area contributed by atoms with Gasteiger partial charge in [0.25, 0.3) is 11.8 Å². The third-order valence-electron chi connectivity index (χ3n) is 4.64. The SMILES string of the molecule is O=C(NCc1ccco1)/C(=C/c1ccc(-c2ccc(Cl)cc2)o1)NC(=O)c1ccc(Cl)cc1. The molecular formula is C25H18Cl2N2O4. The smallest absolute Gasteiger partial charge is 0.268 e. The highest BCUT2D eigenvalue weighted by Crippen LogP contribution is 2.25. The first-order chi connectivity index (χ1) is 16.0. The van der Waals surface area contributed by atoms with Gasteiger partial charge in [-0.1, -0.05) is 23.2 Å². The number of carbonyl (C=O) groups excluding carboxylic acids is 2. The molecule has 8 heteroatoms. The van der Waals surface area contributed by atoms with Gasteiger partial charge < -0.3 is 19.5 Å². The Morgan fingerprint density at radius 1 is 0.879 bits per heavy atom. The van der Waals surface area contributed by atoms with Gasteiger partial charge in [0.2, 0.25) is 0 Å². The lowest BCUT2D eigenvalue weighted by Gasteiger charge is -2.10. The molecule has 0 saturated heterocycles. The Labute approximate surface area is 199 Å². The zero-order chi connectivity index (χ0) is 23.2. The predicted octanol–water partition coefficient (Wildman–Crippen LogP) is 5.93. The monoisotopic (exact) mass is 480 g/mol. The predicted molar refractivity (Wildman–Crippen MR) is 127 cm³/mol. The minimum atomic E-state index is -0.502. The van der Waals surface area contributed by atoms with E-state index in [0.29, 0.717) is 32.9 Å². The van der Waals surface area contributed by atoms with Gasteiger partial charge in [-0.25, -0.2) is 0 Å². The van der Waals surface area contributed by atoms with Crippen LogP contribution in [0.4, 0.5) is 0 Å². The molecule has 0 aliphatic rings. The Bertz CT molecular complexity index is 1270. The van der Waals surface area contributed by atoms with E-state index in [1.54, 1.807) is 60.7 Å². The molecule has 2 aromatic heterocycles. The molecule has 0 atom stereocenters. The van der Waals surface area contributed by atoms with E-state index in [1.165, 1.54) is 12.3 Å². The lowest BCUT2D eigenvalue weighted by Crippen LogP contribution is -2.34. The van der Waals surface area contributed by atoms with E-state index < -0.39 is 11.8 Å². The van der Waals surface area contributed by atoms with Crippen LogP contribution in [0.25, 0.3) is 17.4 Å². The second-order valence-electron chi connectivity index (χ2n) is 6.99. The number of furan rings is 2. The summed E-state index contributed by atoms with van der Waals surface area (Å²) in [5.41, 5.74) is 1.19. The molecule has 6 nitrogen and oxygen atoms in total. The third-order valence-corrected chi connectivity index (χ3v) is 5.15. The van der Waals surface area contributed by atoms with E-state index in [-0.39, 0.29) is 12.2 Å². The Balaban J connectivity index is 1.57. The summed E-state index contributed by atoms with van der Waals surface area (Å²) < 4.78 is 11.1. The number of amides is 2. The molecule has 0 saturated carbocycles. The molecule has 2 heterocycles. The van der Waals surface area contributed by atoms with E-state index in [4.69, 9.17) is 32.0 Å². The van der Waals surface area contributed by atoms with Gasteiger partial charge in [0.05, 0.1) is 12.8 Å². The summed E-state index contributed by atoms with van der Waals surface area (Å²) in [6, 6.07) is 20.5. The van der Waals surface area contributed by atoms with Gasteiger partial charge in [-0.3, -0.25) is 9.59 Å². The minimum Gasteiger partial charge on any atom is -0.467 e. The molecule has 0 aliphatic carbocycles. The molecule has 0 fully saturated rings. The number of nitrogens with one attached hydrogen (secondary N) is 2. The van der Waals surface area contributed by atoms with Crippen LogP contribution in [0.2, 0.25) is 10.0 Å². The van der Waals surface area contributed by atoms with Crippen LogP contribution in [0.5, 0.6) is 0 Å². The van der Waals surface area contributed by atoms with Gasteiger partial charge >= 0.3 is 0 Å². The number of carbonyl (C=O) groups is 2. The second-order valence-corrected chi connectivity index (χ2v) is 7.86. The van der Waals surface area contributed by atoms with Crippen molar-refractivity contribution in [1.82, 2.24) is 10.6 Å². The van der Waals surface area contributed by atoms with Crippen LogP contribution in [-0.2, 0) is 11.3 Å². The molecule has 2 N–H and O–H groups in total. The normalized spacial score (nSPS) is 11.3. The number of hydrogen-bond donors (Lipinski definition) is 2. The Kier molecular flexibility index (Phi) is 6.98. The van der Waals surface area contributed by atoms with E-state index in [1.807, 2.05) is 12.1 Å². The largest absolute Gasteiger partial charge is 0.467 e. The zero-order valence-corrected chi connectivity index (χ0v) is 18.7. The van der Waals surface area contributed by atoms with Crippen molar-refractivity contribution in [3.8, 4) is 11.3 Å². The van der Waals surface area contributed by atoms with Crippen LogP contribution in [0, 0.1) is 0 Å². The highest BCUT2D eigenvalue weighted by molar-refractivity contribution is 6.31. The molecule has 0 radical (unpaired) electrons. The van der Waals surface area contributed by atoms with Gasteiger partial charge in [0, 0.05) is 27.2 Å². The van der Waals surface area contributed by atoms with Crippen molar-refractivity contribution in [2.75, 3.05) is 0 Å². The highest BCUT2D eigenvalue weighted by Gasteiger charge is 2.16. The van der Waals surface area contributed by atoms with Crippen molar-refractivity contribution in [2.45, 2.75) is 6.54 Å². The fraction of sp³-hybridized carbons (Fsp3) is 0.0400. The van der Waals surface area contributed by atoms with Crippen molar-refractivity contribution in [3.05, 3.63) is 112 Å². The summed E-state index contributed by atoms with van der Waals surface area (Å²) in [6.07, 6.45) is 2.98. The highest BCUT2D eigenvalue weighted by atomic mass is 35.5. The summed E-state index contributed by atoms with van der Waals surface area (Å²) in [4.78, 5) is 25.6. The maximum atomic E-state index is 12.9. The Hall–Kier alpha value is -3.74. The summed E-state index contributed by atoms with van der Waals surface area (Å²) in [7, 11) is 0. The molecule has 166 valence electrons. The van der Waals surface area contributed by atoms with Gasteiger partial charge in [-0.15, -0.1) is 0 Å². The maximum Gasteiger partial charge on any atom is 0.268 e. The van der Waals surface area contributed by atoms with E-state index >= 15 is 0 Å². The summed E-state index contributed by atoms with van der Waals surface area (Å²) in [5.74, 6) is 0.597. The number of rotatable bonds is 7.